The summed E-state index contributed by atoms with van der Waals surface area (Å²) in [6.45, 7) is 2.98. The molecular formula is C22H22N4O5. The lowest BCUT2D eigenvalue weighted by molar-refractivity contribution is -0.384. The number of imide groups is 1. The largest absolute Gasteiger partial charge is 0.325 e. The summed E-state index contributed by atoms with van der Waals surface area (Å²) < 4.78 is 0. The third-order valence-corrected chi connectivity index (χ3v) is 6.04. The number of nitro benzene ring substituents is 1. The highest BCUT2D eigenvalue weighted by molar-refractivity contribution is 6.10. The molecular weight excluding hydrogens is 400 g/mol. The molecule has 9 nitrogen and oxygen atoms in total. The number of carbonyl (C=O) groups is 3. The van der Waals surface area contributed by atoms with Gasteiger partial charge in [0.1, 0.15) is 17.8 Å². The lowest BCUT2D eigenvalue weighted by atomic mass is 9.76. The van der Waals surface area contributed by atoms with Gasteiger partial charge in [-0.25, -0.2) is 4.79 Å². The number of fused-ring (bicyclic) bond motifs is 2. The highest BCUT2D eigenvalue weighted by Crippen LogP contribution is 2.39. The van der Waals surface area contributed by atoms with Gasteiger partial charge in [-0.05, 0) is 61.4 Å². The van der Waals surface area contributed by atoms with E-state index in [1.54, 1.807) is 13.8 Å². The van der Waals surface area contributed by atoms with Crippen LogP contribution in [-0.4, -0.2) is 34.2 Å². The molecule has 1 atom stereocenters. The molecule has 1 saturated heterocycles. The van der Waals surface area contributed by atoms with Crippen molar-refractivity contribution in [1.82, 2.24) is 10.2 Å². The minimum atomic E-state index is -1.17. The summed E-state index contributed by atoms with van der Waals surface area (Å²) in [5, 5.41) is 16.6. The molecule has 0 radical (unpaired) electrons. The fourth-order valence-corrected chi connectivity index (χ4v) is 4.34. The highest BCUT2D eigenvalue weighted by atomic mass is 16.6. The number of nitrogens with zero attached hydrogens (tertiary/aromatic N) is 2. The second-order valence-electron chi connectivity index (χ2n) is 8.00. The topological polar surface area (TPSA) is 122 Å². The van der Waals surface area contributed by atoms with Crippen molar-refractivity contribution in [2.45, 2.75) is 38.6 Å². The standard InChI is InChI=1S/C22H22N4O5/c1-13-10-17(18(26(30)31)11-14(13)2)23-19(27)12-25-20(28)22(24-21(25)29)9-5-7-15-6-3-4-8-16(15)22/h3-4,6,8,10-11H,5,7,9,12H2,1-2H3,(H,23,27)(H,24,29). The van der Waals surface area contributed by atoms with Crippen molar-refractivity contribution < 1.29 is 19.3 Å². The van der Waals surface area contributed by atoms with Gasteiger partial charge in [-0.3, -0.25) is 24.6 Å². The van der Waals surface area contributed by atoms with Crippen molar-refractivity contribution in [2.24, 2.45) is 0 Å². The van der Waals surface area contributed by atoms with Crippen LogP contribution in [0.2, 0.25) is 0 Å². The Morgan fingerprint density at radius 2 is 1.94 bits per heavy atom. The number of hydrogen-bond donors (Lipinski definition) is 2. The number of nitrogens with one attached hydrogen (secondary N) is 2. The van der Waals surface area contributed by atoms with Crippen molar-refractivity contribution in [2.75, 3.05) is 11.9 Å². The van der Waals surface area contributed by atoms with Gasteiger partial charge in [-0.1, -0.05) is 24.3 Å². The molecule has 1 aliphatic heterocycles. The van der Waals surface area contributed by atoms with Crippen molar-refractivity contribution in [3.8, 4) is 0 Å². The molecule has 4 rings (SSSR count). The zero-order valence-electron chi connectivity index (χ0n) is 17.2. The van der Waals surface area contributed by atoms with Gasteiger partial charge in [-0.2, -0.15) is 0 Å². The van der Waals surface area contributed by atoms with Gasteiger partial charge < -0.3 is 10.6 Å². The number of anilines is 1. The number of benzene rings is 2. The zero-order chi connectivity index (χ0) is 22.3. The summed E-state index contributed by atoms with van der Waals surface area (Å²) >= 11 is 0. The number of hydrogen-bond acceptors (Lipinski definition) is 5. The van der Waals surface area contributed by atoms with Crippen LogP contribution in [0.25, 0.3) is 0 Å². The molecule has 4 amide bonds. The number of rotatable bonds is 4. The summed E-state index contributed by atoms with van der Waals surface area (Å²) in [6, 6.07) is 9.72. The van der Waals surface area contributed by atoms with Gasteiger partial charge in [0.2, 0.25) is 5.91 Å². The van der Waals surface area contributed by atoms with Gasteiger partial charge in [0, 0.05) is 6.07 Å². The molecule has 9 heteroatoms. The molecule has 2 N–H and O–H groups in total. The molecule has 0 aromatic heterocycles. The summed E-state index contributed by atoms with van der Waals surface area (Å²) in [4.78, 5) is 50.2. The Kier molecular flexibility index (Phi) is 4.96. The van der Waals surface area contributed by atoms with Crippen LogP contribution >= 0.6 is 0 Å². The van der Waals surface area contributed by atoms with Crippen LogP contribution in [0.3, 0.4) is 0 Å². The van der Waals surface area contributed by atoms with E-state index in [4.69, 9.17) is 0 Å². The summed E-state index contributed by atoms with van der Waals surface area (Å²) in [6.07, 6.45) is 2.01. The van der Waals surface area contributed by atoms with E-state index in [2.05, 4.69) is 10.6 Å². The van der Waals surface area contributed by atoms with E-state index in [1.165, 1.54) is 12.1 Å². The summed E-state index contributed by atoms with van der Waals surface area (Å²) in [5.74, 6) is -1.16. The minimum absolute atomic E-state index is 0.0304. The van der Waals surface area contributed by atoms with Crippen LogP contribution in [0.4, 0.5) is 16.2 Å². The smallest absolute Gasteiger partial charge is 0.319 e. The van der Waals surface area contributed by atoms with Crippen LogP contribution in [0.15, 0.2) is 36.4 Å². The monoisotopic (exact) mass is 422 g/mol. The van der Waals surface area contributed by atoms with Crippen LogP contribution in [0, 0.1) is 24.0 Å². The number of nitro groups is 1. The van der Waals surface area contributed by atoms with Crippen LogP contribution in [0.1, 0.15) is 35.1 Å². The first-order valence-corrected chi connectivity index (χ1v) is 10.0. The van der Waals surface area contributed by atoms with Crippen molar-refractivity contribution in [3.05, 3.63) is 68.8 Å². The predicted octanol–water partition coefficient (Wildman–Crippen LogP) is 2.93. The summed E-state index contributed by atoms with van der Waals surface area (Å²) in [5.41, 5.74) is 1.87. The van der Waals surface area contributed by atoms with E-state index in [0.717, 1.165) is 40.0 Å². The van der Waals surface area contributed by atoms with E-state index in [-0.39, 0.29) is 11.4 Å². The Bertz CT molecular complexity index is 1130. The average Bonchev–Trinajstić information content (AvgIpc) is 2.95. The Morgan fingerprint density at radius 1 is 1.23 bits per heavy atom. The maximum atomic E-state index is 13.3. The molecule has 1 unspecified atom stereocenters. The second-order valence-corrected chi connectivity index (χ2v) is 8.00. The molecule has 31 heavy (non-hydrogen) atoms. The predicted molar refractivity (Wildman–Crippen MR) is 113 cm³/mol. The Balaban J connectivity index is 1.57. The quantitative estimate of drug-likeness (QED) is 0.446. The molecule has 1 fully saturated rings. The van der Waals surface area contributed by atoms with Crippen LogP contribution < -0.4 is 10.6 Å². The van der Waals surface area contributed by atoms with E-state index in [0.29, 0.717) is 6.42 Å². The lowest BCUT2D eigenvalue weighted by Crippen LogP contribution is -2.47. The molecule has 1 spiro atoms. The molecule has 2 aliphatic rings. The molecule has 2 aromatic rings. The minimum Gasteiger partial charge on any atom is -0.319 e. The first kappa shape index (κ1) is 20.5. The maximum Gasteiger partial charge on any atom is 0.325 e. The van der Waals surface area contributed by atoms with Gasteiger partial charge in [0.15, 0.2) is 0 Å². The lowest BCUT2D eigenvalue weighted by Gasteiger charge is -2.33. The van der Waals surface area contributed by atoms with Gasteiger partial charge >= 0.3 is 6.03 Å². The van der Waals surface area contributed by atoms with Crippen molar-refractivity contribution >= 4 is 29.2 Å². The first-order chi connectivity index (χ1) is 14.7. The van der Waals surface area contributed by atoms with Gasteiger partial charge in [-0.15, -0.1) is 0 Å². The third-order valence-electron chi connectivity index (χ3n) is 6.04. The molecule has 0 bridgehead atoms. The third kappa shape index (κ3) is 3.41. The van der Waals surface area contributed by atoms with E-state index in [9.17, 15) is 24.5 Å². The fraction of sp³-hybridized carbons (Fsp3) is 0.318. The molecule has 1 aliphatic carbocycles. The van der Waals surface area contributed by atoms with Crippen molar-refractivity contribution in [3.63, 3.8) is 0 Å². The normalized spacial score (nSPS) is 19.9. The number of carbonyl (C=O) groups excluding carboxylic acids is 3. The van der Waals surface area contributed by atoms with E-state index >= 15 is 0 Å². The second kappa shape index (κ2) is 7.50. The van der Waals surface area contributed by atoms with Gasteiger partial charge in [0.25, 0.3) is 11.6 Å². The SMILES string of the molecule is Cc1cc(NC(=O)CN2C(=O)NC3(CCCc4ccccc43)C2=O)c([N+](=O)[O-])cc1C. The van der Waals surface area contributed by atoms with Crippen LogP contribution in [-0.2, 0) is 21.5 Å². The number of urea groups is 1. The van der Waals surface area contributed by atoms with Crippen LogP contribution in [0.5, 0.6) is 0 Å². The first-order valence-electron chi connectivity index (χ1n) is 10.0. The fourth-order valence-electron chi connectivity index (χ4n) is 4.34. The van der Waals surface area contributed by atoms with Gasteiger partial charge in [0.05, 0.1) is 4.92 Å². The Morgan fingerprint density at radius 3 is 2.68 bits per heavy atom. The van der Waals surface area contributed by atoms with E-state index < -0.39 is 34.9 Å². The zero-order valence-corrected chi connectivity index (χ0v) is 17.2. The Labute approximate surface area is 178 Å². The molecule has 2 aromatic carbocycles. The summed E-state index contributed by atoms with van der Waals surface area (Å²) in [7, 11) is 0. The number of aryl methyl sites for hydroxylation is 3. The average molecular weight is 422 g/mol. The Hall–Kier alpha value is -3.75. The highest BCUT2D eigenvalue weighted by Gasteiger charge is 2.54. The molecule has 160 valence electrons. The molecule has 1 heterocycles. The molecule has 0 saturated carbocycles. The number of amides is 4. The van der Waals surface area contributed by atoms with E-state index in [1.807, 2.05) is 24.3 Å². The maximum absolute atomic E-state index is 13.3. The van der Waals surface area contributed by atoms with Crippen molar-refractivity contribution in [1.29, 1.82) is 0 Å².